The van der Waals surface area contributed by atoms with Crippen molar-refractivity contribution in [1.29, 1.82) is 0 Å². The van der Waals surface area contributed by atoms with Gasteiger partial charge >= 0.3 is 0 Å². The van der Waals surface area contributed by atoms with Crippen LogP contribution in [0.5, 0.6) is 0 Å². The fraction of sp³-hybridized carbons (Fsp3) is 0.250. The molecular weight excluding hydrogens is 262 g/mol. The Morgan fingerprint density at radius 1 is 1.53 bits per heavy atom. The van der Waals surface area contributed by atoms with E-state index in [1.165, 1.54) is 0 Å². The summed E-state index contributed by atoms with van der Waals surface area (Å²) in [6.07, 6.45) is 3.39. The molecule has 0 aliphatic carbocycles. The van der Waals surface area contributed by atoms with E-state index in [-0.39, 0.29) is 11.9 Å². The second kappa shape index (κ2) is 6.26. The van der Waals surface area contributed by atoms with Gasteiger partial charge in [-0.15, -0.1) is 11.3 Å². The zero-order chi connectivity index (χ0) is 13.7. The van der Waals surface area contributed by atoms with Crippen LogP contribution in [-0.2, 0) is 6.54 Å². The number of rotatable bonds is 5. The van der Waals surface area contributed by atoms with Crippen LogP contribution in [0.1, 0.15) is 29.2 Å². The third-order valence-corrected chi connectivity index (χ3v) is 3.62. The zero-order valence-corrected chi connectivity index (χ0v) is 11.3. The molecular formula is C12H15N5OS. The number of thiazole rings is 1. The van der Waals surface area contributed by atoms with Gasteiger partial charge in [-0.1, -0.05) is 11.2 Å². The van der Waals surface area contributed by atoms with Crippen molar-refractivity contribution in [2.75, 3.05) is 0 Å². The molecule has 1 unspecified atom stereocenters. The van der Waals surface area contributed by atoms with E-state index in [1.807, 2.05) is 24.4 Å². The largest absolute Gasteiger partial charge is 0.409 e. The van der Waals surface area contributed by atoms with Crippen molar-refractivity contribution in [3.8, 4) is 0 Å². The molecule has 0 amide bonds. The summed E-state index contributed by atoms with van der Waals surface area (Å²) in [6, 6.07) is 3.85. The van der Waals surface area contributed by atoms with Crippen molar-refractivity contribution < 1.29 is 5.21 Å². The summed E-state index contributed by atoms with van der Waals surface area (Å²) in [5.41, 5.74) is 6.96. The molecule has 0 spiro atoms. The predicted octanol–water partition coefficient (Wildman–Crippen LogP) is 1.48. The molecule has 0 aliphatic heterocycles. The average molecular weight is 277 g/mol. The minimum absolute atomic E-state index is 0.0132. The van der Waals surface area contributed by atoms with Gasteiger partial charge in [0, 0.05) is 24.3 Å². The first-order valence-corrected chi connectivity index (χ1v) is 6.65. The van der Waals surface area contributed by atoms with Gasteiger partial charge in [-0.05, 0) is 18.6 Å². The second-order valence-electron chi connectivity index (χ2n) is 3.97. The molecule has 0 radical (unpaired) electrons. The van der Waals surface area contributed by atoms with E-state index in [9.17, 15) is 0 Å². The molecule has 2 rings (SSSR count). The normalized spacial score (nSPS) is 13.4. The third kappa shape index (κ3) is 3.27. The molecule has 1 atom stereocenters. The summed E-state index contributed by atoms with van der Waals surface area (Å²) in [5, 5.41) is 18.0. The van der Waals surface area contributed by atoms with Crippen LogP contribution >= 0.6 is 11.3 Å². The molecule has 19 heavy (non-hydrogen) atoms. The lowest BCUT2D eigenvalue weighted by atomic mass is 10.1. The number of nitrogens with one attached hydrogen (secondary N) is 1. The SMILES string of the molecule is CC(NCc1cccnc1C(N)=NO)c1nccs1. The van der Waals surface area contributed by atoms with Gasteiger partial charge in [0.2, 0.25) is 0 Å². The molecule has 6 nitrogen and oxygen atoms in total. The third-order valence-electron chi connectivity index (χ3n) is 2.66. The average Bonchev–Trinajstić information content (AvgIpc) is 2.98. The van der Waals surface area contributed by atoms with E-state index >= 15 is 0 Å². The van der Waals surface area contributed by atoms with Crippen LogP contribution in [0.4, 0.5) is 0 Å². The number of oxime groups is 1. The van der Waals surface area contributed by atoms with Crippen molar-refractivity contribution in [1.82, 2.24) is 15.3 Å². The van der Waals surface area contributed by atoms with Gasteiger partial charge in [0.15, 0.2) is 5.84 Å². The highest BCUT2D eigenvalue weighted by Crippen LogP contribution is 2.15. The molecule has 7 heteroatoms. The lowest BCUT2D eigenvalue weighted by molar-refractivity contribution is 0.318. The molecule has 2 aromatic rings. The number of amidine groups is 1. The predicted molar refractivity (Wildman–Crippen MR) is 74.1 cm³/mol. The Hall–Kier alpha value is -1.99. The Morgan fingerprint density at radius 2 is 2.37 bits per heavy atom. The molecule has 0 aliphatic rings. The maximum absolute atomic E-state index is 8.73. The summed E-state index contributed by atoms with van der Waals surface area (Å²) in [5.74, 6) is 0.0132. The van der Waals surface area contributed by atoms with Gasteiger partial charge in [0.1, 0.15) is 10.7 Å². The van der Waals surface area contributed by atoms with Crippen molar-refractivity contribution in [2.45, 2.75) is 19.5 Å². The number of hydrogen-bond acceptors (Lipinski definition) is 6. The van der Waals surface area contributed by atoms with E-state index < -0.39 is 0 Å². The highest BCUT2D eigenvalue weighted by molar-refractivity contribution is 7.09. The van der Waals surface area contributed by atoms with Crippen molar-refractivity contribution in [3.63, 3.8) is 0 Å². The second-order valence-corrected chi connectivity index (χ2v) is 4.90. The monoisotopic (exact) mass is 277 g/mol. The number of hydrogen-bond donors (Lipinski definition) is 3. The van der Waals surface area contributed by atoms with Gasteiger partial charge in [0.25, 0.3) is 0 Å². The molecule has 0 fully saturated rings. The van der Waals surface area contributed by atoms with Gasteiger partial charge in [-0.2, -0.15) is 0 Å². The lowest BCUT2D eigenvalue weighted by Gasteiger charge is -2.12. The first-order chi connectivity index (χ1) is 9.22. The van der Waals surface area contributed by atoms with E-state index in [4.69, 9.17) is 10.9 Å². The Balaban J connectivity index is 2.08. The van der Waals surface area contributed by atoms with E-state index in [0.717, 1.165) is 10.6 Å². The van der Waals surface area contributed by atoms with Crippen molar-refractivity contribution in [3.05, 3.63) is 46.2 Å². The van der Waals surface area contributed by atoms with Crippen molar-refractivity contribution in [2.24, 2.45) is 10.9 Å². The van der Waals surface area contributed by atoms with Crippen LogP contribution in [0.2, 0.25) is 0 Å². The first-order valence-electron chi connectivity index (χ1n) is 5.77. The highest BCUT2D eigenvalue weighted by atomic mass is 32.1. The van der Waals surface area contributed by atoms with Gasteiger partial charge in [0.05, 0.1) is 6.04 Å². The topological polar surface area (TPSA) is 96.4 Å². The van der Waals surface area contributed by atoms with Crippen molar-refractivity contribution >= 4 is 17.2 Å². The molecule has 2 heterocycles. The molecule has 4 N–H and O–H groups in total. The van der Waals surface area contributed by atoms with Crippen LogP contribution in [0, 0.1) is 0 Å². The van der Waals surface area contributed by atoms with Gasteiger partial charge in [-0.3, -0.25) is 4.98 Å². The Bertz CT molecular complexity index is 555. The number of nitrogens with zero attached hydrogens (tertiary/aromatic N) is 3. The van der Waals surface area contributed by atoms with E-state index in [0.29, 0.717) is 12.2 Å². The van der Waals surface area contributed by atoms with E-state index in [2.05, 4.69) is 20.4 Å². The van der Waals surface area contributed by atoms with Crippen LogP contribution in [0.25, 0.3) is 0 Å². The zero-order valence-electron chi connectivity index (χ0n) is 10.4. The summed E-state index contributed by atoms with van der Waals surface area (Å²) < 4.78 is 0. The molecule has 0 aromatic carbocycles. The molecule has 0 bridgehead atoms. The van der Waals surface area contributed by atoms with Crippen LogP contribution in [0.3, 0.4) is 0 Å². The van der Waals surface area contributed by atoms with E-state index in [1.54, 1.807) is 23.7 Å². The minimum Gasteiger partial charge on any atom is -0.409 e. The molecule has 0 saturated carbocycles. The Morgan fingerprint density at radius 3 is 3.05 bits per heavy atom. The van der Waals surface area contributed by atoms with Gasteiger partial charge < -0.3 is 16.3 Å². The summed E-state index contributed by atoms with van der Waals surface area (Å²) in [7, 11) is 0. The Kier molecular flexibility index (Phi) is 4.43. The first kappa shape index (κ1) is 13.4. The number of nitrogens with two attached hydrogens (primary N) is 1. The number of aromatic nitrogens is 2. The maximum atomic E-state index is 8.73. The molecule has 0 saturated heterocycles. The molecule has 100 valence electrons. The number of pyridine rings is 1. The van der Waals surface area contributed by atoms with Gasteiger partial charge in [-0.25, -0.2) is 4.98 Å². The fourth-order valence-electron chi connectivity index (χ4n) is 1.66. The van der Waals surface area contributed by atoms with Crippen LogP contribution in [-0.4, -0.2) is 21.0 Å². The Labute approximate surface area is 115 Å². The quantitative estimate of drug-likeness (QED) is 0.333. The highest BCUT2D eigenvalue weighted by Gasteiger charge is 2.11. The summed E-state index contributed by atoms with van der Waals surface area (Å²) >= 11 is 1.60. The summed E-state index contributed by atoms with van der Waals surface area (Å²) in [6.45, 7) is 2.61. The fourth-order valence-corrected chi connectivity index (χ4v) is 2.33. The maximum Gasteiger partial charge on any atom is 0.189 e. The van der Waals surface area contributed by atoms with Crippen LogP contribution < -0.4 is 11.1 Å². The smallest absolute Gasteiger partial charge is 0.189 e. The summed E-state index contributed by atoms with van der Waals surface area (Å²) in [4.78, 5) is 8.38. The standard InChI is InChI=1S/C12H15N5OS/c1-8(12-15-5-6-19-12)16-7-9-3-2-4-14-10(9)11(13)17-18/h2-6,8,16,18H,7H2,1H3,(H2,13,17). The molecule has 2 aromatic heterocycles. The lowest BCUT2D eigenvalue weighted by Crippen LogP contribution is -2.23. The minimum atomic E-state index is 0.0132. The van der Waals surface area contributed by atoms with Crippen LogP contribution in [0.15, 0.2) is 35.1 Å².